The molecule has 0 aromatic heterocycles. The van der Waals surface area contributed by atoms with E-state index >= 15 is 0 Å². The van der Waals surface area contributed by atoms with Gasteiger partial charge < -0.3 is 14.5 Å². The van der Waals surface area contributed by atoms with E-state index in [1.54, 1.807) is 12.3 Å². The number of piperidine rings is 2. The Morgan fingerprint density at radius 1 is 1.22 bits per heavy atom. The molecule has 5 nitrogen and oxygen atoms in total. The van der Waals surface area contributed by atoms with E-state index in [-0.39, 0.29) is 17.2 Å². The molecule has 2 amide bonds. The zero-order valence-electron chi connectivity index (χ0n) is 15.8. The van der Waals surface area contributed by atoms with E-state index in [0.29, 0.717) is 12.0 Å². The summed E-state index contributed by atoms with van der Waals surface area (Å²) in [4.78, 5) is 29.2. The first kappa shape index (κ1) is 17.8. The van der Waals surface area contributed by atoms with Crippen molar-refractivity contribution in [2.24, 2.45) is 5.41 Å². The summed E-state index contributed by atoms with van der Waals surface area (Å²) < 4.78 is 5.62. The maximum Gasteiger partial charge on any atom is 0.254 e. The summed E-state index contributed by atoms with van der Waals surface area (Å²) in [7, 11) is 0. The maximum absolute atomic E-state index is 13.2. The molecule has 3 aliphatic heterocycles. The van der Waals surface area contributed by atoms with Crippen molar-refractivity contribution in [2.45, 2.75) is 32.6 Å². The van der Waals surface area contributed by atoms with E-state index in [1.165, 1.54) is 0 Å². The normalized spacial score (nSPS) is 24.9. The fourth-order valence-corrected chi connectivity index (χ4v) is 4.52. The van der Waals surface area contributed by atoms with Gasteiger partial charge in [0, 0.05) is 49.2 Å². The van der Waals surface area contributed by atoms with Crippen molar-refractivity contribution in [2.75, 3.05) is 26.2 Å². The fourth-order valence-electron chi connectivity index (χ4n) is 4.52. The van der Waals surface area contributed by atoms with E-state index < -0.39 is 0 Å². The summed E-state index contributed by atoms with van der Waals surface area (Å²) in [6.07, 6.45) is 8.81. The van der Waals surface area contributed by atoms with Crippen LogP contribution in [0.1, 0.15) is 38.2 Å². The third-order valence-electron chi connectivity index (χ3n) is 6.00. The van der Waals surface area contributed by atoms with Gasteiger partial charge in [-0.25, -0.2) is 0 Å². The molecule has 2 saturated heterocycles. The molecule has 0 radical (unpaired) electrons. The van der Waals surface area contributed by atoms with Crippen molar-refractivity contribution in [1.82, 2.24) is 9.80 Å². The zero-order chi connectivity index (χ0) is 18.9. The Bertz CT molecular complexity index is 814. The van der Waals surface area contributed by atoms with Gasteiger partial charge in [-0.2, -0.15) is 0 Å². The Morgan fingerprint density at radius 2 is 2.07 bits per heavy atom. The van der Waals surface area contributed by atoms with Crippen LogP contribution in [-0.2, 0) is 9.59 Å². The predicted octanol–water partition coefficient (Wildman–Crippen LogP) is 3.23. The quantitative estimate of drug-likeness (QED) is 0.807. The molecule has 1 aromatic carbocycles. The summed E-state index contributed by atoms with van der Waals surface area (Å²) in [6, 6.07) is 7.73. The number of amides is 2. The lowest BCUT2D eigenvalue weighted by atomic mass is 9.73. The lowest BCUT2D eigenvalue weighted by Gasteiger charge is -2.48. The summed E-state index contributed by atoms with van der Waals surface area (Å²) in [5.74, 6) is 1.05. The third kappa shape index (κ3) is 3.51. The second-order valence-corrected chi connectivity index (χ2v) is 7.80. The third-order valence-corrected chi connectivity index (χ3v) is 6.00. The van der Waals surface area contributed by atoms with Crippen LogP contribution < -0.4 is 4.74 Å². The molecule has 1 atom stereocenters. The first-order valence-corrected chi connectivity index (χ1v) is 9.81. The van der Waals surface area contributed by atoms with Gasteiger partial charge in [-0.05, 0) is 44.4 Å². The van der Waals surface area contributed by atoms with Crippen LogP contribution in [0.4, 0.5) is 0 Å². The summed E-state index contributed by atoms with van der Waals surface area (Å²) >= 11 is 0. The van der Waals surface area contributed by atoms with E-state index in [2.05, 4.69) is 0 Å². The number of rotatable bonds is 2. The Balaban J connectivity index is 1.54. The number of para-hydroxylation sites is 1. The van der Waals surface area contributed by atoms with E-state index in [0.717, 1.165) is 56.8 Å². The van der Waals surface area contributed by atoms with Crippen molar-refractivity contribution in [3.8, 4) is 5.75 Å². The molecule has 0 bridgehead atoms. The maximum atomic E-state index is 13.2. The number of ether oxygens (including phenoxy) is 1. The van der Waals surface area contributed by atoms with Crippen LogP contribution in [0.15, 0.2) is 42.2 Å². The summed E-state index contributed by atoms with van der Waals surface area (Å²) in [6.45, 7) is 5.04. The number of hydrogen-bond acceptors (Lipinski definition) is 3. The zero-order valence-corrected chi connectivity index (χ0v) is 15.8. The van der Waals surface area contributed by atoms with Crippen LogP contribution >= 0.6 is 0 Å². The highest BCUT2D eigenvalue weighted by Crippen LogP contribution is 2.39. The monoisotopic (exact) mass is 366 g/mol. The van der Waals surface area contributed by atoms with Crippen LogP contribution in [0.3, 0.4) is 0 Å². The smallest absolute Gasteiger partial charge is 0.254 e. The topological polar surface area (TPSA) is 49.9 Å². The van der Waals surface area contributed by atoms with Crippen molar-refractivity contribution in [1.29, 1.82) is 0 Å². The average molecular weight is 366 g/mol. The molecule has 0 saturated carbocycles. The molecule has 1 unspecified atom stereocenters. The summed E-state index contributed by atoms with van der Waals surface area (Å²) in [5.41, 5.74) is 1.61. The number of carbonyl (C=O) groups excluding carboxylic acids is 2. The number of nitrogens with zero attached hydrogens (tertiary/aromatic N) is 2. The Hall–Kier alpha value is -2.56. The molecule has 0 aliphatic carbocycles. The van der Waals surface area contributed by atoms with Crippen molar-refractivity contribution < 1.29 is 14.3 Å². The first-order chi connectivity index (χ1) is 13.1. The van der Waals surface area contributed by atoms with Crippen LogP contribution in [0.25, 0.3) is 6.08 Å². The second kappa shape index (κ2) is 7.22. The minimum atomic E-state index is 0.0429. The number of hydrogen-bond donors (Lipinski definition) is 0. The summed E-state index contributed by atoms with van der Waals surface area (Å²) in [5, 5.41) is 0. The molecule has 27 heavy (non-hydrogen) atoms. The molecular weight excluding hydrogens is 340 g/mol. The molecule has 142 valence electrons. The van der Waals surface area contributed by atoms with Crippen LogP contribution in [-0.4, -0.2) is 47.8 Å². The van der Waals surface area contributed by atoms with Crippen molar-refractivity contribution in [3.05, 3.63) is 47.7 Å². The lowest BCUT2D eigenvalue weighted by molar-refractivity contribution is -0.141. The van der Waals surface area contributed by atoms with Gasteiger partial charge >= 0.3 is 0 Å². The highest BCUT2D eigenvalue weighted by molar-refractivity contribution is 6.01. The van der Waals surface area contributed by atoms with Crippen molar-refractivity contribution >= 4 is 17.9 Å². The molecule has 2 fully saturated rings. The van der Waals surface area contributed by atoms with Gasteiger partial charge in [-0.15, -0.1) is 0 Å². The fraction of sp³-hybridized carbons (Fsp3) is 0.455. The SMILES string of the molecule is CCN1CC2(CCCN(C(=O)C3=Cc4ccccc4OC=C3)C2)CCC1=O. The van der Waals surface area contributed by atoms with Gasteiger partial charge in [0.05, 0.1) is 6.26 Å². The van der Waals surface area contributed by atoms with Gasteiger partial charge in [-0.1, -0.05) is 18.2 Å². The van der Waals surface area contributed by atoms with E-state index in [1.807, 2.05) is 47.1 Å². The Morgan fingerprint density at radius 3 is 2.93 bits per heavy atom. The van der Waals surface area contributed by atoms with Crippen LogP contribution in [0.5, 0.6) is 5.75 Å². The van der Waals surface area contributed by atoms with Gasteiger partial charge in [-0.3, -0.25) is 9.59 Å². The molecule has 0 N–H and O–H groups in total. The number of likely N-dealkylation sites (tertiary alicyclic amines) is 2. The largest absolute Gasteiger partial charge is 0.464 e. The minimum Gasteiger partial charge on any atom is -0.464 e. The van der Waals surface area contributed by atoms with Crippen LogP contribution in [0, 0.1) is 5.41 Å². The average Bonchev–Trinajstić information content (AvgIpc) is 2.92. The highest BCUT2D eigenvalue weighted by atomic mass is 16.5. The van der Waals surface area contributed by atoms with Crippen molar-refractivity contribution in [3.63, 3.8) is 0 Å². The Labute approximate surface area is 160 Å². The van der Waals surface area contributed by atoms with E-state index in [9.17, 15) is 9.59 Å². The molecule has 1 spiro atoms. The van der Waals surface area contributed by atoms with Crippen LogP contribution in [0.2, 0.25) is 0 Å². The standard InChI is InChI=1S/C22H26N2O3/c1-2-23-15-22(11-8-20(23)25)10-5-12-24(16-22)21(26)18-9-13-27-19-7-4-3-6-17(19)14-18/h3-4,6-7,9,13-14H,2,5,8,10-12,15-16H2,1H3. The van der Waals surface area contributed by atoms with Gasteiger partial charge in [0.1, 0.15) is 5.75 Å². The molecule has 5 heteroatoms. The molecule has 1 aromatic rings. The predicted molar refractivity (Wildman–Crippen MR) is 104 cm³/mol. The van der Waals surface area contributed by atoms with E-state index in [4.69, 9.17) is 4.74 Å². The first-order valence-electron chi connectivity index (χ1n) is 9.81. The van der Waals surface area contributed by atoms with Gasteiger partial charge in [0.15, 0.2) is 0 Å². The number of benzene rings is 1. The molecule has 4 rings (SSSR count). The molecule has 3 aliphatic rings. The Kier molecular flexibility index (Phi) is 4.77. The molecular formula is C22H26N2O3. The second-order valence-electron chi connectivity index (χ2n) is 7.80. The minimum absolute atomic E-state index is 0.0429. The highest BCUT2D eigenvalue weighted by Gasteiger charge is 2.42. The van der Waals surface area contributed by atoms with Gasteiger partial charge in [0.25, 0.3) is 5.91 Å². The molecule has 3 heterocycles. The number of carbonyl (C=O) groups is 2. The van der Waals surface area contributed by atoms with Gasteiger partial charge in [0.2, 0.25) is 5.91 Å². The number of fused-ring (bicyclic) bond motifs is 1. The lowest BCUT2D eigenvalue weighted by Crippen LogP contribution is -2.55.